The van der Waals surface area contributed by atoms with Crippen molar-refractivity contribution in [2.75, 3.05) is 20.2 Å². The lowest BCUT2D eigenvalue weighted by Gasteiger charge is -2.36. The second-order valence-corrected chi connectivity index (χ2v) is 9.60. The monoisotopic (exact) mass is 421 g/mol. The summed E-state index contributed by atoms with van der Waals surface area (Å²) < 4.78 is 7.88. The molecule has 2 fully saturated rings. The molecule has 1 N–H and O–H groups in total. The Hall–Kier alpha value is -2.67. The first-order valence-electron chi connectivity index (χ1n) is 11.3. The highest BCUT2D eigenvalue weighted by Crippen LogP contribution is 2.42. The molecule has 1 saturated heterocycles. The van der Waals surface area contributed by atoms with Gasteiger partial charge in [-0.25, -0.2) is 4.68 Å². The number of H-pyrrole nitrogens is 1. The van der Waals surface area contributed by atoms with Crippen LogP contribution < -0.4 is 0 Å². The predicted octanol–water partition coefficient (Wildman–Crippen LogP) is 3.70. The van der Waals surface area contributed by atoms with Crippen LogP contribution in [0, 0.1) is 17.8 Å². The molecule has 7 nitrogen and oxygen atoms in total. The lowest BCUT2D eigenvalue weighted by molar-refractivity contribution is -0.00546. The standard InChI is InChI=1S/C24H31N5O2/c1-15(2)8-19-14-29(27-26-19)22-10-17-12-28(13-18(17)11-23(22)31-3)24(30)21-9-16-6-4-5-7-20(16)25-21/h4-7,9,14-15,17-18,22-23,25H,8,10-13H2,1-3H3/t17-,18+,22-,23-/m1/s1. The molecule has 31 heavy (non-hydrogen) atoms. The Labute approximate surface area is 182 Å². The van der Waals surface area contributed by atoms with Crippen molar-refractivity contribution < 1.29 is 9.53 Å². The molecule has 0 radical (unpaired) electrons. The fraction of sp³-hybridized carbons (Fsp3) is 0.542. The Balaban J connectivity index is 1.31. The fourth-order valence-electron chi connectivity index (χ4n) is 5.43. The van der Waals surface area contributed by atoms with Crippen LogP contribution in [-0.4, -0.2) is 57.1 Å². The third-order valence-electron chi connectivity index (χ3n) is 6.95. The maximum Gasteiger partial charge on any atom is 0.270 e. The number of rotatable bonds is 5. The number of likely N-dealkylation sites (tertiary alicyclic amines) is 1. The Morgan fingerprint density at radius 2 is 2.00 bits per heavy atom. The van der Waals surface area contributed by atoms with Crippen molar-refractivity contribution in [3.63, 3.8) is 0 Å². The number of amides is 1. The van der Waals surface area contributed by atoms with Gasteiger partial charge in [-0.2, -0.15) is 0 Å². The van der Waals surface area contributed by atoms with E-state index in [4.69, 9.17) is 4.74 Å². The number of ether oxygens (including phenoxy) is 1. The number of nitrogens with zero attached hydrogens (tertiary/aromatic N) is 4. The zero-order chi connectivity index (χ0) is 21.5. The van der Waals surface area contributed by atoms with Gasteiger partial charge in [0.25, 0.3) is 5.91 Å². The van der Waals surface area contributed by atoms with Crippen molar-refractivity contribution >= 4 is 16.8 Å². The zero-order valence-corrected chi connectivity index (χ0v) is 18.5. The van der Waals surface area contributed by atoms with Gasteiger partial charge in [-0.15, -0.1) is 5.10 Å². The van der Waals surface area contributed by atoms with Gasteiger partial charge in [-0.1, -0.05) is 37.3 Å². The number of methoxy groups -OCH3 is 1. The Morgan fingerprint density at radius 1 is 1.23 bits per heavy atom. The highest BCUT2D eigenvalue weighted by Gasteiger charge is 2.45. The molecule has 164 valence electrons. The quantitative estimate of drug-likeness (QED) is 0.682. The average molecular weight is 422 g/mol. The number of hydrogen-bond acceptors (Lipinski definition) is 4. The summed E-state index contributed by atoms with van der Waals surface area (Å²) in [6.07, 6.45) is 5.02. The van der Waals surface area contributed by atoms with Gasteiger partial charge in [-0.3, -0.25) is 4.79 Å². The topological polar surface area (TPSA) is 76.0 Å². The number of para-hydroxylation sites is 1. The van der Waals surface area contributed by atoms with Crippen molar-refractivity contribution in [2.24, 2.45) is 17.8 Å². The molecule has 0 unspecified atom stereocenters. The number of fused-ring (bicyclic) bond motifs is 2. The minimum atomic E-state index is 0.0936. The van der Waals surface area contributed by atoms with E-state index in [0.717, 1.165) is 48.9 Å². The van der Waals surface area contributed by atoms with E-state index in [1.54, 1.807) is 7.11 Å². The first-order chi connectivity index (χ1) is 15.0. The maximum atomic E-state index is 13.2. The van der Waals surface area contributed by atoms with Crippen molar-refractivity contribution in [3.8, 4) is 0 Å². The van der Waals surface area contributed by atoms with E-state index < -0.39 is 0 Å². The van der Waals surface area contributed by atoms with Crippen LogP contribution in [0.4, 0.5) is 0 Å². The SMILES string of the molecule is CO[C@@H]1C[C@H]2CN(C(=O)c3cc4ccccc4[nH]3)C[C@H]2C[C@H]1n1cc(CC(C)C)nn1. The van der Waals surface area contributed by atoms with Gasteiger partial charge in [0.1, 0.15) is 5.69 Å². The molecule has 1 saturated carbocycles. The van der Waals surface area contributed by atoms with Gasteiger partial charge in [0, 0.05) is 37.3 Å². The summed E-state index contributed by atoms with van der Waals surface area (Å²) in [5.74, 6) is 1.57. The summed E-state index contributed by atoms with van der Waals surface area (Å²) in [6.45, 7) is 5.97. The van der Waals surface area contributed by atoms with Gasteiger partial charge in [0.2, 0.25) is 0 Å². The Kier molecular flexibility index (Phi) is 5.30. The van der Waals surface area contributed by atoms with E-state index in [0.29, 0.717) is 23.4 Å². The number of aromatic amines is 1. The van der Waals surface area contributed by atoms with Crippen LogP contribution in [0.2, 0.25) is 0 Å². The minimum absolute atomic E-state index is 0.0936. The summed E-state index contributed by atoms with van der Waals surface area (Å²) in [4.78, 5) is 18.5. The van der Waals surface area contributed by atoms with Crippen LogP contribution in [0.15, 0.2) is 36.5 Å². The van der Waals surface area contributed by atoms with Gasteiger partial charge >= 0.3 is 0 Å². The van der Waals surface area contributed by atoms with Crippen molar-refractivity contribution in [3.05, 3.63) is 47.9 Å². The molecular formula is C24H31N5O2. The second kappa shape index (κ2) is 8.11. The molecular weight excluding hydrogens is 390 g/mol. The second-order valence-electron chi connectivity index (χ2n) is 9.60. The van der Waals surface area contributed by atoms with Crippen LogP contribution in [0.25, 0.3) is 10.9 Å². The van der Waals surface area contributed by atoms with E-state index in [2.05, 4.69) is 35.3 Å². The molecule has 4 atom stereocenters. The largest absolute Gasteiger partial charge is 0.379 e. The maximum absolute atomic E-state index is 13.2. The predicted molar refractivity (Wildman–Crippen MR) is 119 cm³/mol. The number of carbonyl (C=O) groups excluding carboxylic acids is 1. The van der Waals surface area contributed by atoms with Gasteiger partial charge < -0.3 is 14.6 Å². The highest BCUT2D eigenvalue weighted by molar-refractivity contribution is 5.98. The van der Waals surface area contributed by atoms with Crippen molar-refractivity contribution in [1.82, 2.24) is 24.9 Å². The Morgan fingerprint density at radius 3 is 2.74 bits per heavy atom. The van der Waals surface area contributed by atoms with E-state index in [-0.39, 0.29) is 18.1 Å². The van der Waals surface area contributed by atoms with Gasteiger partial charge in [0.15, 0.2) is 0 Å². The molecule has 1 aromatic carbocycles. The third kappa shape index (κ3) is 3.87. The Bertz CT molecular complexity index is 1040. The molecule has 1 aliphatic carbocycles. The van der Waals surface area contributed by atoms with Crippen LogP contribution >= 0.6 is 0 Å². The third-order valence-corrected chi connectivity index (χ3v) is 6.95. The van der Waals surface area contributed by atoms with Crippen molar-refractivity contribution in [1.29, 1.82) is 0 Å². The van der Waals surface area contributed by atoms with Crippen LogP contribution in [0.1, 0.15) is 48.9 Å². The van der Waals surface area contributed by atoms with E-state index in [1.165, 1.54) is 0 Å². The fourth-order valence-corrected chi connectivity index (χ4v) is 5.43. The zero-order valence-electron chi connectivity index (χ0n) is 18.5. The highest BCUT2D eigenvalue weighted by atomic mass is 16.5. The minimum Gasteiger partial charge on any atom is -0.379 e. The first-order valence-corrected chi connectivity index (χ1v) is 11.3. The number of aromatic nitrogens is 4. The number of benzene rings is 1. The molecule has 2 aromatic heterocycles. The molecule has 1 aliphatic heterocycles. The van der Waals surface area contributed by atoms with Crippen LogP contribution in [-0.2, 0) is 11.2 Å². The molecule has 3 heterocycles. The first kappa shape index (κ1) is 20.2. The lowest BCUT2D eigenvalue weighted by Crippen LogP contribution is -2.37. The molecule has 0 bridgehead atoms. The summed E-state index contributed by atoms with van der Waals surface area (Å²) >= 11 is 0. The molecule has 7 heteroatoms. The smallest absolute Gasteiger partial charge is 0.270 e. The average Bonchev–Trinajstić information content (AvgIpc) is 3.48. The van der Waals surface area contributed by atoms with Gasteiger partial charge in [0.05, 0.1) is 17.8 Å². The summed E-state index contributed by atoms with van der Waals surface area (Å²) in [7, 11) is 1.78. The van der Waals surface area contributed by atoms with Crippen LogP contribution in [0.3, 0.4) is 0 Å². The summed E-state index contributed by atoms with van der Waals surface area (Å²) in [5.41, 5.74) is 2.72. The van der Waals surface area contributed by atoms with E-state index >= 15 is 0 Å². The number of carbonyl (C=O) groups is 1. The molecule has 1 amide bonds. The molecule has 5 rings (SSSR count). The van der Waals surface area contributed by atoms with Crippen molar-refractivity contribution in [2.45, 2.75) is 45.3 Å². The molecule has 3 aromatic rings. The molecule has 0 spiro atoms. The van der Waals surface area contributed by atoms with E-state index in [9.17, 15) is 4.79 Å². The normalized spacial score (nSPS) is 26.0. The van der Waals surface area contributed by atoms with E-state index in [1.807, 2.05) is 39.9 Å². The van der Waals surface area contributed by atoms with Crippen LogP contribution in [0.5, 0.6) is 0 Å². The number of nitrogens with one attached hydrogen (secondary N) is 1. The number of hydrogen-bond donors (Lipinski definition) is 1. The summed E-state index contributed by atoms with van der Waals surface area (Å²) in [6, 6.07) is 10.2. The lowest BCUT2D eigenvalue weighted by atomic mass is 9.77. The van der Waals surface area contributed by atoms with Gasteiger partial charge in [-0.05, 0) is 49.1 Å². The molecule has 2 aliphatic rings. The summed E-state index contributed by atoms with van der Waals surface area (Å²) in [5, 5.41) is 9.88.